The van der Waals surface area contributed by atoms with E-state index in [-0.39, 0.29) is 5.41 Å². The van der Waals surface area contributed by atoms with Gasteiger partial charge in [0.1, 0.15) is 11.9 Å². The van der Waals surface area contributed by atoms with E-state index in [0.29, 0.717) is 17.9 Å². The lowest BCUT2D eigenvalue weighted by Gasteiger charge is -2.30. The summed E-state index contributed by atoms with van der Waals surface area (Å²) < 4.78 is 5.45. The van der Waals surface area contributed by atoms with Gasteiger partial charge in [-0.3, -0.25) is 0 Å². The number of para-hydroxylation sites is 1. The fourth-order valence-electron chi connectivity index (χ4n) is 1.66. The summed E-state index contributed by atoms with van der Waals surface area (Å²) in [5, 5.41) is 20.3. The second kappa shape index (κ2) is 5.52. The van der Waals surface area contributed by atoms with Crippen molar-refractivity contribution in [2.75, 3.05) is 6.61 Å². The Kier molecular flexibility index (Phi) is 4.54. The fourth-order valence-corrected chi connectivity index (χ4v) is 1.66. The Morgan fingerprint density at radius 1 is 1.18 bits per heavy atom. The zero-order chi connectivity index (χ0) is 13.1. The van der Waals surface area contributed by atoms with Crippen LogP contribution in [0.25, 0.3) is 0 Å². The van der Waals surface area contributed by atoms with Crippen LogP contribution in [0.4, 0.5) is 0 Å². The first kappa shape index (κ1) is 14.0. The zero-order valence-electron chi connectivity index (χ0n) is 11.0. The van der Waals surface area contributed by atoms with Gasteiger partial charge in [-0.1, -0.05) is 39.0 Å². The van der Waals surface area contributed by atoms with E-state index in [4.69, 9.17) is 4.74 Å². The molecule has 1 aromatic carbocycles. The van der Waals surface area contributed by atoms with E-state index in [1.165, 1.54) is 0 Å². The van der Waals surface area contributed by atoms with Crippen LogP contribution < -0.4 is 4.74 Å². The molecular weight excluding hydrogens is 216 g/mol. The van der Waals surface area contributed by atoms with Gasteiger partial charge in [-0.05, 0) is 18.4 Å². The third-order valence-corrected chi connectivity index (χ3v) is 2.72. The van der Waals surface area contributed by atoms with Crippen LogP contribution in [0, 0.1) is 5.41 Å². The van der Waals surface area contributed by atoms with Crippen LogP contribution in [-0.4, -0.2) is 22.9 Å². The maximum absolute atomic E-state index is 10.2. The van der Waals surface area contributed by atoms with E-state index in [2.05, 4.69) is 0 Å². The first-order chi connectivity index (χ1) is 7.88. The van der Waals surface area contributed by atoms with Gasteiger partial charge in [0.25, 0.3) is 0 Å². The van der Waals surface area contributed by atoms with Crippen molar-refractivity contribution < 1.29 is 14.9 Å². The molecule has 3 heteroatoms. The molecule has 2 unspecified atom stereocenters. The van der Waals surface area contributed by atoms with Crippen molar-refractivity contribution in [1.82, 2.24) is 0 Å². The van der Waals surface area contributed by atoms with Crippen LogP contribution in [0.5, 0.6) is 5.75 Å². The third-order valence-electron chi connectivity index (χ3n) is 2.72. The van der Waals surface area contributed by atoms with Crippen LogP contribution in [0.3, 0.4) is 0 Å². The van der Waals surface area contributed by atoms with Crippen molar-refractivity contribution in [3.8, 4) is 5.75 Å². The van der Waals surface area contributed by atoms with Crippen molar-refractivity contribution in [1.29, 1.82) is 0 Å². The summed E-state index contributed by atoms with van der Waals surface area (Å²) in [4.78, 5) is 0. The second-order valence-electron chi connectivity index (χ2n) is 5.23. The van der Waals surface area contributed by atoms with Gasteiger partial charge >= 0.3 is 0 Å². The third kappa shape index (κ3) is 3.45. The molecule has 0 aliphatic heterocycles. The molecular formula is C14H22O3. The highest BCUT2D eigenvalue weighted by atomic mass is 16.5. The normalized spacial score (nSPS) is 15.4. The van der Waals surface area contributed by atoms with Gasteiger partial charge in [0, 0.05) is 5.56 Å². The van der Waals surface area contributed by atoms with E-state index < -0.39 is 12.2 Å². The van der Waals surface area contributed by atoms with Crippen molar-refractivity contribution in [2.24, 2.45) is 5.41 Å². The van der Waals surface area contributed by atoms with Crippen molar-refractivity contribution >= 4 is 0 Å². The van der Waals surface area contributed by atoms with E-state index in [0.717, 1.165) is 0 Å². The molecule has 0 spiro atoms. The highest BCUT2D eigenvalue weighted by molar-refractivity contribution is 5.35. The van der Waals surface area contributed by atoms with Crippen molar-refractivity contribution in [3.63, 3.8) is 0 Å². The molecule has 0 aromatic heterocycles. The van der Waals surface area contributed by atoms with Crippen LogP contribution in [0.1, 0.15) is 39.4 Å². The maximum Gasteiger partial charge on any atom is 0.125 e. The van der Waals surface area contributed by atoms with Crippen molar-refractivity contribution in [3.05, 3.63) is 29.8 Å². The average molecular weight is 238 g/mol. The quantitative estimate of drug-likeness (QED) is 0.847. The largest absolute Gasteiger partial charge is 0.493 e. The molecule has 1 rings (SSSR count). The molecule has 17 heavy (non-hydrogen) atoms. The number of aliphatic hydroxyl groups is 2. The molecule has 1 aromatic rings. The average Bonchev–Trinajstić information content (AvgIpc) is 2.27. The minimum absolute atomic E-state index is 0.376. The van der Waals surface area contributed by atoms with Gasteiger partial charge in [0.2, 0.25) is 0 Å². The second-order valence-corrected chi connectivity index (χ2v) is 5.23. The molecule has 0 radical (unpaired) electrons. The van der Waals surface area contributed by atoms with E-state index in [1.54, 1.807) is 12.1 Å². The minimum Gasteiger partial charge on any atom is -0.493 e. The molecule has 0 bridgehead atoms. The Balaban J connectivity index is 2.99. The van der Waals surface area contributed by atoms with Gasteiger partial charge in [0.05, 0.1) is 12.7 Å². The predicted octanol–water partition coefficient (Wildman–Crippen LogP) is 2.53. The molecule has 2 atom stereocenters. The Labute approximate surface area is 103 Å². The Morgan fingerprint density at radius 3 is 2.29 bits per heavy atom. The van der Waals surface area contributed by atoms with Gasteiger partial charge in [-0.2, -0.15) is 0 Å². The molecule has 0 fully saturated rings. The number of ether oxygens (including phenoxy) is 1. The van der Waals surface area contributed by atoms with Gasteiger partial charge < -0.3 is 14.9 Å². The molecule has 2 N–H and O–H groups in total. The number of rotatable bonds is 4. The Hall–Kier alpha value is -1.06. The van der Waals surface area contributed by atoms with Gasteiger partial charge in [-0.15, -0.1) is 0 Å². The lowest BCUT2D eigenvalue weighted by Crippen LogP contribution is -2.32. The van der Waals surface area contributed by atoms with E-state index in [9.17, 15) is 10.2 Å². The molecule has 0 amide bonds. The smallest absolute Gasteiger partial charge is 0.125 e. The van der Waals surface area contributed by atoms with Crippen molar-refractivity contribution in [2.45, 2.75) is 39.9 Å². The van der Waals surface area contributed by atoms with Crippen LogP contribution in [0.2, 0.25) is 0 Å². The summed E-state index contributed by atoms with van der Waals surface area (Å²) in [5.74, 6) is 0.630. The highest BCUT2D eigenvalue weighted by Crippen LogP contribution is 2.34. The first-order valence-electron chi connectivity index (χ1n) is 5.95. The van der Waals surface area contributed by atoms with Crippen LogP contribution in [0.15, 0.2) is 24.3 Å². The standard InChI is InChI=1S/C14H22O3/c1-5-17-11-9-7-6-8-10(11)12(15)13(16)14(2,3)4/h6-9,12-13,15-16H,5H2,1-4H3. The predicted molar refractivity (Wildman–Crippen MR) is 68.0 cm³/mol. The summed E-state index contributed by atoms with van der Waals surface area (Å²) in [6.07, 6.45) is -1.76. The number of hydrogen-bond acceptors (Lipinski definition) is 3. The number of benzene rings is 1. The van der Waals surface area contributed by atoms with Gasteiger partial charge in [0.15, 0.2) is 0 Å². The fraction of sp³-hybridized carbons (Fsp3) is 0.571. The zero-order valence-corrected chi connectivity index (χ0v) is 11.0. The summed E-state index contributed by atoms with van der Waals surface area (Å²) in [5.41, 5.74) is 0.260. The van der Waals surface area contributed by atoms with Crippen LogP contribution in [-0.2, 0) is 0 Å². The molecule has 0 heterocycles. The lowest BCUT2D eigenvalue weighted by molar-refractivity contribution is -0.0467. The molecule has 0 saturated carbocycles. The van der Waals surface area contributed by atoms with E-state index in [1.807, 2.05) is 39.8 Å². The molecule has 96 valence electrons. The maximum atomic E-state index is 10.2. The number of aliphatic hydroxyl groups excluding tert-OH is 2. The Bertz CT molecular complexity index is 355. The topological polar surface area (TPSA) is 49.7 Å². The molecule has 0 saturated heterocycles. The summed E-state index contributed by atoms with van der Waals surface area (Å²) in [6, 6.07) is 7.27. The van der Waals surface area contributed by atoms with Gasteiger partial charge in [-0.25, -0.2) is 0 Å². The summed E-state index contributed by atoms with van der Waals surface area (Å²) >= 11 is 0. The lowest BCUT2D eigenvalue weighted by atomic mass is 9.83. The summed E-state index contributed by atoms with van der Waals surface area (Å²) in [7, 11) is 0. The van der Waals surface area contributed by atoms with Crippen LogP contribution >= 0.6 is 0 Å². The molecule has 3 nitrogen and oxygen atoms in total. The van der Waals surface area contributed by atoms with E-state index >= 15 is 0 Å². The minimum atomic E-state index is -0.933. The number of hydrogen-bond donors (Lipinski definition) is 2. The first-order valence-corrected chi connectivity index (χ1v) is 5.95. The SMILES string of the molecule is CCOc1ccccc1C(O)C(O)C(C)(C)C. The Morgan fingerprint density at radius 2 is 1.76 bits per heavy atom. The highest BCUT2D eigenvalue weighted by Gasteiger charge is 2.31. The molecule has 0 aliphatic rings. The monoisotopic (exact) mass is 238 g/mol. The molecule has 0 aliphatic carbocycles. The summed E-state index contributed by atoms with van der Waals surface area (Å²) in [6.45, 7) is 8.11.